The molecule has 1 aromatic rings. The van der Waals surface area contributed by atoms with Crippen molar-refractivity contribution >= 4 is 21.6 Å². The van der Waals surface area contributed by atoms with Crippen molar-refractivity contribution in [2.75, 3.05) is 30.0 Å². The lowest BCUT2D eigenvalue weighted by Gasteiger charge is -2.19. The minimum Gasteiger partial charge on any atom is -0.338 e. The first-order valence-corrected chi connectivity index (χ1v) is 7.76. The Morgan fingerprint density at radius 3 is 2.74 bits per heavy atom. The number of hydrogen-bond acceptors (Lipinski definition) is 6. The van der Waals surface area contributed by atoms with Gasteiger partial charge in [-0.3, -0.25) is 4.79 Å². The summed E-state index contributed by atoms with van der Waals surface area (Å²) in [6.45, 7) is 0.688. The summed E-state index contributed by atoms with van der Waals surface area (Å²) in [7, 11) is -3.01. The minimum atomic E-state index is -3.01. The number of nitrogens with two attached hydrogens (primary N) is 1. The van der Waals surface area contributed by atoms with Crippen LogP contribution in [0.15, 0.2) is 18.3 Å². The number of nitrogen functional groups attached to an aromatic ring is 1. The van der Waals surface area contributed by atoms with Crippen LogP contribution in [-0.2, 0) is 9.84 Å². The molecule has 0 saturated carbocycles. The fourth-order valence-corrected chi connectivity index (χ4v) is 3.20. The molecule has 1 aromatic heterocycles. The lowest BCUT2D eigenvalue weighted by molar-refractivity contribution is 0.0768. The third-order valence-electron chi connectivity index (χ3n) is 3.00. The maximum Gasteiger partial charge on any atom is 0.255 e. The fraction of sp³-hybridized carbons (Fsp3) is 0.455. The Hall–Kier alpha value is -1.67. The van der Waals surface area contributed by atoms with Gasteiger partial charge in [-0.25, -0.2) is 19.2 Å². The SMILES string of the molecule is NNc1ccc(C(=O)N2CCCS(=O)(=O)CC2)cn1. The molecule has 104 valence electrons. The number of nitrogens with one attached hydrogen (secondary N) is 1. The zero-order chi connectivity index (χ0) is 13.9. The number of sulfone groups is 1. The Morgan fingerprint density at radius 1 is 1.32 bits per heavy atom. The molecular weight excluding hydrogens is 268 g/mol. The summed E-state index contributed by atoms with van der Waals surface area (Å²) >= 11 is 0. The quantitative estimate of drug-likeness (QED) is 0.567. The van der Waals surface area contributed by atoms with E-state index in [1.54, 1.807) is 17.0 Å². The lowest BCUT2D eigenvalue weighted by Crippen LogP contribution is -2.33. The number of anilines is 1. The van der Waals surface area contributed by atoms with Crippen LogP contribution in [0.3, 0.4) is 0 Å². The molecule has 0 radical (unpaired) electrons. The normalized spacial score (nSPS) is 18.7. The summed E-state index contributed by atoms with van der Waals surface area (Å²) in [5.41, 5.74) is 2.81. The van der Waals surface area contributed by atoms with Crippen LogP contribution in [0.4, 0.5) is 5.82 Å². The number of carbonyl (C=O) groups is 1. The van der Waals surface area contributed by atoms with Crippen LogP contribution >= 0.6 is 0 Å². The van der Waals surface area contributed by atoms with Gasteiger partial charge in [-0.05, 0) is 18.6 Å². The summed E-state index contributed by atoms with van der Waals surface area (Å²) in [5.74, 6) is 5.63. The summed E-state index contributed by atoms with van der Waals surface area (Å²) in [6.07, 6.45) is 1.90. The second-order valence-corrected chi connectivity index (χ2v) is 6.68. The molecular formula is C11H16N4O3S. The van der Waals surface area contributed by atoms with E-state index in [1.807, 2.05) is 0 Å². The van der Waals surface area contributed by atoms with E-state index < -0.39 is 9.84 Å². The van der Waals surface area contributed by atoms with Gasteiger partial charge < -0.3 is 10.3 Å². The second kappa shape index (κ2) is 5.54. The highest BCUT2D eigenvalue weighted by Crippen LogP contribution is 2.11. The first-order chi connectivity index (χ1) is 9.02. The van der Waals surface area contributed by atoms with Crippen molar-refractivity contribution in [3.63, 3.8) is 0 Å². The van der Waals surface area contributed by atoms with Crippen molar-refractivity contribution in [2.45, 2.75) is 6.42 Å². The average Bonchev–Trinajstić information content (AvgIpc) is 2.59. The number of amides is 1. The molecule has 7 nitrogen and oxygen atoms in total. The van der Waals surface area contributed by atoms with Crippen molar-refractivity contribution in [1.82, 2.24) is 9.88 Å². The highest BCUT2D eigenvalue weighted by molar-refractivity contribution is 7.91. The van der Waals surface area contributed by atoms with Crippen LogP contribution in [0.1, 0.15) is 16.8 Å². The molecule has 0 unspecified atom stereocenters. The molecule has 0 bridgehead atoms. The third kappa shape index (κ3) is 3.42. The highest BCUT2D eigenvalue weighted by Gasteiger charge is 2.23. The van der Waals surface area contributed by atoms with Gasteiger partial charge in [-0.15, -0.1) is 0 Å². The monoisotopic (exact) mass is 284 g/mol. The van der Waals surface area contributed by atoms with Gasteiger partial charge in [-0.2, -0.15) is 0 Å². The van der Waals surface area contributed by atoms with Crippen molar-refractivity contribution in [2.24, 2.45) is 5.84 Å². The predicted molar refractivity (Wildman–Crippen MR) is 71.2 cm³/mol. The Kier molecular flexibility index (Phi) is 4.01. The van der Waals surface area contributed by atoms with Gasteiger partial charge in [-0.1, -0.05) is 0 Å². The number of carbonyl (C=O) groups excluding carboxylic acids is 1. The van der Waals surface area contributed by atoms with Crippen LogP contribution in [0.25, 0.3) is 0 Å². The van der Waals surface area contributed by atoms with Crippen molar-refractivity contribution in [1.29, 1.82) is 0 Å². The van der Waals surface area contributed by atoms with E-state index in [0.29, 0.717) is 24.3 Å². The van der Waals surface area contributed by atoms with E-state index in [4.69, 9.17) is 5.84 Å². The van der Waals surface area contributed by atoms with Gasteiger partial charge in [0, 0.05) is 19.3 Å². The topological polar surface area (TPSA) is 105 Å². The van der Waals surface area contributed by atoms with Gasteiger partial charge in [0.1, 0.15) is 5.82 Å². The van der Waals surface area contributed by atoms with Gasteiger partial charge in [0.05, 0.1) is 17.1 Å². The maximum atomic E-state index is 12.2. The van der Waals surface area contributed by atoms with Crippen LogP contribution in [-0.4, -0.2) is 48.8 Å². The first-order valence-electron chi connectivity index (χ1n) is 5.94. The molecule has 2 heterocycles. The minimum absolute atomic E-state index is 0.0224. The largest absolute Gasteiger partial charge is 0.338 e. The van der Waals surface area contributed by atoms with Crippen molar-refractivity contribution in [3.05, 3.63) is 23.9 Å². The molecule has 8 heteroatoms. The van der Waals surface area contributed by atoms with E-state index >= 15 is 0 Å². The summed E-state index contributed by atoms with van der Waals surface area (Å²) < 4.78 is 23.0. The molecule has 1 fully saturated rings. The molecule has 2 rings (SSSR count). The summed E-state index contributed by atoms with van der Waals surface area (Å²) in [6, 6.07) is 3.21. The Labute approximate surface area is 111 Å². The summed E-state index contributed by atoms with van der Waals surface area (Å²) in [4.78, 5) is 17.7. The van der Waals surface area contributed by atoms with Crippen LogP contribution in [0.5, 0.6) is 0 Å². The first kappa shape index (κ1) is 13.8. The van der Waals surface area contributed by atoms with E-state index in [1.165, 1.54) is 6.20 Å². The van der Waals surface area contributed by atoms with E-state index in [9.17, 15) is 13.2 Å². The molecule has 0 aromatic carbocycles. The average molecular weight is 284 g/mol. The van der Waals surface area contributed by atoms with Crippen LogP contribution in [0, 0.1) is 0 Å². The molecule has 1 amide bonds. The number of nitrogens with zero attached hydrogens (tertiary/aromatic N) is 2. The lowest BCUT2D eigenvalue weighted by atomic mass is 10.2. The number of rotatable bonds is 2. The zero-order valence-electron chi connectivity index (χ0n) is 10.4. The van der Waals surface area contributed by atoms with Crippen molar-refractivity contribution < 1.29 is 13.2 Å². The van der Waals surface area contributed by atoms with Gasteiger partial charge in [0.25, 0.3) is 5.91 Å². The Bertz CT molecular complexity index is 556. The third-order valence-corrected chi connectivity index (χ3v) is 4.72. The molecule has 0 aliphatic carbocycles. The van der Waals surface area contributed by atoms with Crippen LogP contribution < -0.4 is 11.3 Å². The predicted octanol–water partition coefficient (Wildman–Crippen LogP) is -0.372. The fourth-order valence-electron chi connectivity index (χ4n) is 1.93. The van der Waals surface area contributed by atoms with E-state index in [2.05, 4.69) is 10.4 Å². The molecule has 19 heavy (non-hydrogen) atoms. The van der Waals surface area contributed by atoms with E-state index in [0.717, 1.165) is 0 Å². The second-order valence-electron chi connectivity index (χ2n) is 4.37. The standard InChI is InChI=1S/C11H16N4O3S/c12-14-10-3-2-9(8-13-10)11(16)15-4-1-6-19(17,18)7-5-15/h2-3,8H,1,4-7,12H2,(H,13,14). The van der Waals surface area contributed by atoms with Crippen LogP contribution in [0.2, 0.25) is 0 Å². The number of hydrogen-bond donors (Lipinski definition) is 2. The van der Waals surface area contributed by atoms with Gasteiger partial charge in [0.15, 0.2) is 9.84 Å². The molecule has 0 spiro atoms. The van der Waals surface area contributed by atoms with Crippen molar-refractivity contribution in [3.8, 4) is 0 Å². The van der Waals surface area contributed by atoms with Gasteiger partial charge in [0.2, 0.25) is 0 Å². The molecule has 1 aliphatic rings. The van der Waals surface area contributed by atoms with Gasteiger partial charge >= 0.3 is 0 Å². The van der Waals surface area contributed by atoms with E-state index in [-0.39, 0.29) is 24.0 Å². The Morgan fingerprint density at radius 2 is 2.11 bits per heavy atom. The molecule has 3 N–H and O–H groups in total. The summed E-state index contributed by atoms with van der Waals surface area (Å²) in [5, 5.41) is 0. The maximum absolute atomic E-state index is 12.2. The number of pyridine rings is 1. The smallest absolute Gasteiger partial charge is 0.255 e. The molecule has 1 aliphatic heterocycles. The zero-order valence-corrected chi connectivity index (χ0v) is 11.2. The highest BCUT2D eigenvalue weighted by atomic mass is 32.2. The number of aromatic nitrogens is 1. The number of hydrazine groups is 1. The Balaban J connectivity index is 2.10. The molecule has 1 saturated heterocycles. The molecule has 0 atom stereocenters.